The summed E-state index contributed by atoms with van der Waals surface area (Å²) in [5.41, 5.74) is 0.739. The Labute approximate surface area is 192 Å². The van der Waals surface area contributed by atoms with Gasteiger partial charge >= 0.3 is 0 Å². The molecule has 4 heterocycles. The molecule has 0 spiro atoms. The first kappa shape index (κ1) is 21.9. The fourth-order valence-electron chi connectivity index (χ4n) is 4.42. The molecule has 3 aromatic rings. The maximum atomic E-state index is 14.4. The van der Waals surface area contributed by atoms with Crippen LogP contribution in [-0.2, 0) is 4.74 Å². The molecule has 2 aromatic heterocycles. The lowest BCUT2D eigenvalue weighted by Gasteiger charge is -2.29. The van der Waals surface area contributed by atoms with E-state index in [-0.39, 0.29) is 36.3 Å². The van der Waals surface area contributed by atoms with Crippen molar-refractivity contribution in [3.63, 3.8) is 0 Å². The number of carbonyl (C=O) groups excluding carboxylic acids is 1. The third kappa shape index (κ3) is 4.23. The number of aromatic amines is 1. The van der Waals surface area contributed by atoms with Gasteiger partial charge in [0.25, 0.3) is 5.91 Å². The average molecular weight is 479 g/mol. The highest BCUT2D eigenvalue weighted by molar-refractivity contribution is 6.30. The number of anilines is 1. The number of amides is 1. The smallest absolute Gasteiger partial charge is 0.275 e. The quantitative estimate of drug-likeness (QED) is 0.528. The Morgan fingerprint density at radius 3 is 2.97 bits per heavy atom. The maximum absolute atomic E-state index is 14.4. The number of rotatable bonds is 4. The fourth-order valence-corrected chi connectivity index (χ4v) is 4.65. The SMILES string of the molecule is O=C(c1n[nH]c2ncnc(N[C@@H]3CCOC[C@H]3O)c12)N1C[C@@H](F)C[C@@H]1c1cc(F)cc(Cl)c1. The van der Waals surface area contributed by atoms with Crippen molar-refractivity contribution in [2.75, 3.05) is 25.1 Å². The molecule has 0 unspecified atom stereocenters. The first-order valence-corrected chi connectivity index (χ1v) is 10.9. The number of aliphatic hydroxyl groups excluding tert-OH is 1. The molecule has 0 radical (unpaired) electrons. The van der Waals surface area contributed by atoms with E-state index in [1.165, 1.54) is 23.4 Å². The summed E-state index contributed by atoms with van der Waals surface area (Å²) in [7, 11) is 0. The van der Waals surface area contributed by atoms with E-state index in [1.54, 1.807) is 0 Å². The lowest BCUT2D eigenvalue weighted by atomic mass is 10.0. The van der Waals surface area contributed by atoms with Crippen LogP contribution in [0.3, 0.4) is 0 Å². The number of nitrogens with one attached hydrogen (secondary N) is 2. The average Bonchev–Trinajstić information content (AvgIpc) is 3.39. The third-order valence-corrected chi connectivity index (χ3v) is 6.21. The number of alkyl halides is 1. The number of hydrogen-bond donors (Lipinski definition) is 3. The standard InChI is InChI=1S/C21H21ClF2N6O3/c22-11-3-10(4-12(23)5-11)15-6-13(24)7-30(15)21(32)18-17-19(25-9-26-20(17)29-28-18)27-14-1-2-33-8-16(14)31/h3-5,9,13-16,31H,1-2,6-8H2,(H2,25,26,27,28,29)/t13-,14+,15+,16+/m0/s1. The minimum atomic E-state index is -1.28. The first-order chi connectivity index (χ1) is 15.9. The van der Waals surface area contributed by atoms with Gasteiger partial charge in [-0.05, 0) is 30.2 Å². The van der Waals surface area contributed by atoms with Crippen LogP contribution in [-0.4, -0.2) is 74.2 Å². The van der Waals surface area contributed by atoms with Crippen molar-refractivity contribution < 1.29 is 23.4 Å². The van der Waals surface area contributed by atoms with Gasteiger partial charge in [-0.1, -0.05) is 11.6 Å². The second-order valence-corrected chi connectivity index (χ2v) is 8.65. The van der Waals surface area contributed by atoms with E-state index in [1.807, 2.05) is 0 Å². The number of benzene rings is 1. The highest BCUT2D eigenvalue weighted by Gasteiger charge is 2.39. The Balaban J connectivity index is 1.50. The highest BCUT2D eigenvalue weighted by atomic mass is 35.5. The van der Waals surface area contributed by atoms with Gasteiger partial charge in [-0.25, -0.2) is 18.7 Å². The molecular weight excluding hydrogens is 458 g/mol. The van der Waals surface area contributed by atoms with E-state index in [9.17, 15) is 18.7 Å². The van der Waals surface area contributed by atoms with Crippen LogP contribution in [0.5, 0.6) is 0 Å². The molecule has 1 amide bonds. The summed E-state index contributed by atoms with van der Waals surface area (Å²) >= 11 is 5.99. The number of aliphatic hydroxyl groups is 1. The van der Waals surface area contributed by atoms with Crippen molar-refractivity contribution in [2.24, 2.45) is 0 Å². The Morgan fingerprint density at radius 1 is 1.33 bits per heavy atom. The normalized spacial score (nSPS) is 25.5. The Bertz CT molecular complexity index is 1170. The summed E-state index contributed by atoms with van der Waals surface area (Å²) in [5.74, 6) is -0.783. The number of ether oxygens (including phenoxy) is 1. The van der Waals surface area contributed by atoms with E-state index in [0.29, 0.717) is 35.4 Å². The van der Waals surface area contributed by atoms with Crippen molar-refractivity contribution in [2.45, 2.75) is 37.2 Å². The minimum absolute atomic E-state index is 0.0104. The van der Waals surface area contributed by atoms with E-state index >= 15 is 0 Å². The monoisotopic (exact) mass is 478 g/mol. The number of halogens is 3. The summed E-state index contributed by atoms with van der Waals surface area (Å²) in [4.78, 5) is 23.2. The van der Waals surface area contributed by atoms with Crippen molar-refractivity contribution in [3.8, 4) is 0 Å². The fraction of sp³-hybridized carbons (Fsp3) is 0.429. The zero-order valence-corrected chi connectivity index (χ0v) is 18.1. The van der Waals surface area contributed by atoms with Crippen LogP contribution in [0.25, 0.3) is 11.0 Å². The second kappa shape index (κ2) is 8.81. The number of aromatic nitrogens is 4. The van der Waals surface area contributed by atoms with Gasteiger partial charge in [0.05, 0.1) is 36.7 Å². The number of H-pyrrole nitrogens is 1. The molecule has 33 heavy (non-hydrogen) atoms. The van der Waals surface area contributed by atoms with E-state index in [0.717, 1.165) is 6.07 Å². The van der Waals surface area contributed by atoms with E-state index < -0.39 is 30.0 Å². The molecule has 4 atom stereocenters. The first-order valence-electron chi connectivity index (χ1n) is 10.5. The molecule has 2 fully saturated rings. The molecule has 12 heteroatoms. The number of nitrogens with zero attached hydrogens (tertiary/aromatic N) is 4. The molecule has 1 aromatic carbocycles. The molecule has 174 valence electrons. The zero-order chi connectivity index (χ0) is 23.1. The van der Waals surface area contributed by atoms with Crippen molar-refractivity contribution >= 4 is 34.4 Å². The topological polar surface area (TPSA) is 116 Å². The number of carbonyl (C=O) groups is 1. The van der Waals surface area contributed by atoms with Crippen molar-refractivity contribution in [3.05, 3.63) is 46.6 Å². The molecular formula is C21H21ClF2N6O3. The molecule has 0 bridgehead atoms. The number of hydrogen-bond acceptors (Lipinski definition) is 7. The van der Waals surface area contributed by atoms with Crippen LogP contribution in [0.4, 0.5) is 14.6 Å². The summed E-state index contributed by atoms with van der Waals surface area (Å²) in [6.45, 7) is 0.497. The van der Waals surface area contributed by atoms with Crippen molar-refractivity contribution in [1.82, 2.24) is 25.1 Å². The van der Waals surface area contributed by atoms with Crippen LogP contribution in [0.2, 0.25) is 5.02 Å². The van der Waals surface area contributed by atoms with Gasteiger partial charge in [0.2, 0.25) is 0 Å². The largest absolute Gasteiger partial charge is 0.389 e. The second-order valence-electron chi connectivity index (χ2n) is 8.21. The Kier molecular flexibility index (Phi) is 5.85. The van der Waals surface area contributed by atoms with Gasteiger partial charge in [-0.15, -0.1) is 0 Å². The maximum Gasteiger partial charge on any atom is 0.275 e. The summed E-state index contributed by atoms with van der Waals surface area (Å²) in [6, 6.07) is 2.89. The van der Waals surface area contributed by atoms with E-state index in [2.05, 4.69) is 25.5 Å². The summed E-state index contributed by atoms with van der Waals surface area (Å²) in [5, 5.41) is 20.7. The minimum Gasteiger partial charge on any atom is -0.389 e. The highest BCUT2D eigenvalue weighted by Crippen LogP contribution is 2.37. The number of fused-ring (bicyclic) bond motifs is 1. The Morgan fingerprint density at radius 2 is 2.18 bits per heavy atom. The molecule has 3 N–H and O–H groups in total. The van der Waals surface area contributed by atoms with Gasteiger partial charge in [0, 0.05) is 18.1 Å². The predicted molar refractivity (Wildman–Crippen MR) is 115 cm³/mol. The van der Waals surface area contributed by atoms with Crippen LogP contribution in [0.1, 0.15) is 34.9 Å². The lowest BCUT2D eigenvalue weighted by molar-refractivity contribution is -0.0135. The molecule has 0 saturated carbocycles. The Hall–Kier alpha value is -2.89. The van der Waals surface area contributed by atoms with Crippen LogP contribution >= 0.6 is 11.6 Å². The lowest BCUT2D eigenvalue weighted by Crippen LogP contribution is -2.42. The molecule has 2 saturated heterocycles. The van der Waals surface area contributed by atoms with Gasteiger partial charge in [0.1, 0.15) is 24.1 Å². The molecule has 0 aliphatic carbocycles. The predicted octanol–water partition coefficient (Wildman–Crippen LogP) is 2.63. The van der Waals surface area contributed by atoms with Gasteiger partial charge in [-0.3, -0.25) is 9.89 Å². The summed E-state index contributed by atoms with van der Waals surface area (Å²) in [6.07, 6.45) is -0.149. The van der Waals surface area contributed by atoms with Crippen LogP contribution in [0.15, 0.2) is 24.5 Å². The molecule has 2 aliphatic heterocycles. The zero-order valence-electron chi connectivity index (χ0n) is 17.3. The van der Waals surface area contributed by atoms with Crippen molar-refractivity contribution in [1.29, 1.82) is 0 Å². The molecule has 5 rings (SSSR count). The van der Waals surface area contributed by atoms with Gasteiger partial charge < -0.3 is 20.1 Å². The van der Waals surface area contributed by atoms with E-state index in [4.69, 9.17) is 16.3 Å². The van der Waals surface area contributed by atoms with Gasteiger partial charge in [-0.2, -0.15) is 5.10 Å². The molecule has 2 aliphatic rings. The van der Waals surface area contributed by atoms with Gasteiger partial charge in [0.15, 0.2) is 11.3 Å². The third-order valence-electron chi connectivity index (χ3n) is 5.99. The summed E-state index contributed by atoms with van der Waals surface area (Å²) < 4.78 is 33.6. The molecule has 9 nitrogen and oxygen atoms in total. The number of likely N-dealkylation sites (tertiary alicyclic amines) is 1. The van der Waals surface area contributed by atoms with Crippen LogP contribution < -0.4 is 5.32 Å². The van der Waals surface area contributed by atoms with Crippen LogP contribution in [0, 0.1) is 5.82 Å².